The summed E-state index contributed by atoms with van der Waals surface area (Å²) in [5.41, 5.74) is -0.586. The van der Waals surface area contributed by atoms with Gasteiger partial charge in [-0.2, -0.15) is 0 Å². The van der Waals surface area contributed by atoms with Crippen LogP contribution >= 0.6 is 0 Å². The van der Waals surface area contributed by atoms with E-state index in [1.54, 1.807) is 7.05 Å². The molecule has 0 saturated heterocycles. The summed E-state index contributed by atoms with van der Waals surface area (Å²) in [7, 11) is 3.22. The average Bonchev–Trinajstić information content (AvgIpc) is 2.89. The van der Waals surface area contributed by atoms with Crippen LogP contribution in [-0.2, 0) is 22.5 Å². The van der Waals surface area contributed by atoms with Crippen molar-refractivity contribution in [2.45, 2.75) is 51.6 Å². The van der Waals surface area contributed by atoms with Crippen molar-refractivity contribution in [1.82, 2.24) is 14.9 Å². The van der Waals surface area contributed by atoms with Crippen molar-refractivity contribution in [1.29, 1.82) is 0 Å². The topological polar surface area (TPSA) is 56.2 Å². The maximum atomic E-state index is 11.7. The van der Waals surface area contributed by atoms with Crippen molar-refractivity contribution in [3.8, 4) is 0 Å². The summed E-state index contributed by atoms with van der Waals surface area (Å²) >= 11 is 0. The van der Waals surface area contributed by atoms with Gasteiger partial charge in [0.15, 0.2) is 0 Å². The molecule has 5 nitrogen and oxygen atoms in total. The number of aryl methyl sites for hydroxylation is 2. The van der Waals surface area contributed by atoms with Crippen LogP contribution in [0.1, 0.15) is 38.9 Å². The Balaban J connectivity index is 2.39. The van der Waals surface area contributed by atoms with Crippen molar-refractivity contribution in [3.63, 3.8) is 0 Å². The van der Waals surface area contributed by atoms with Gasteiger partial charge in [-0.3, -0.25) is 4.79 Å². The maximum absolute atomic E-state index is 11.7. The Hall–Kier alpha value is -1.36. The molecule has 1 unspecified atom stereocenters. The Bertz CT molecular complexity index is 403. The molecule has 1 aromatic heterocycles. The molecule has 5 heteroatoms. The van der Waals surface area contributed by atoms with E-state index in [-0.39, 0.29) is 5.97 Å². The number of likely N-dealkylation sites (N-methyl/N-ethyl adjacent to an activating group) is 1. The van der Waals surface area contributed by atoms with Gasteiger partial charge in [-0.1, -0.05) is 6.92 Å². The summed E-state index contributed by atoms with van der Waals surface area (Å²) in [6.07, 6.45) is 7.56. The quantitative estimate of drug-likeness (QED) is 0.576. The summed E-state index contributed by atoms with van der Waals surface area (Å²) in [4.78, 5) is 16.0. The SMILES string of the molecule is CCc1nccn1CCCCC(C)(NC)C(=O)OC. The summed E-state index contributed by atoms with van der Waals surface area (Å²) in [6, 6.07) is 0. The second kappa shape index (κ2) is 7.28. The summed E-state index contributed by atoms with van der Waals surface area (Å²) < 4.78 is 7.00. The number of methoxy groups -OCH3 is 1. The highest BCUT2D eigenvalue weighted by Gasteiger charge is 2.31. The van der Waals surface area contributed by atoms with Gasteiger partial charge >= 0.3 is 5.97 Å². The average molecular weight is 267 g/mol. The number of ether oxygens (including phenoxy) is 1. The molecular formula is C14H25N3O2. The molecule has 0 aliphatic rings. The van der Waals surface area contributed by atoms with E-state index in [0.717, 1.165) is 38.1 Å². The number of aromatic nitrogens is 2. The Morgan fingerprint density at radius 1 is 1.53 bits per heavy atom. The molecule has 0 fully saturated rings. The molecule has 1 N–H and O–H groups in total. The lowest BCUT2D eigenvalue weighted by molar-refractivity contribution is -0.148. The van der Waals surface area contributed by atoms with Crippen molar-refractivity contribution < 1.29 is 9.53 Å². The van der Waals surface area contributed by atoms with Gasteiger partial charge < -0.3 is 14.6 Å². The zero-order chi connectivity index (χ0) is 14.3. The molecular weight excluding hydrogens is 242 g/mol. The summed E-state index contributed by atoms with van der Waals surface area (Å²) in [5, 5.41) is 3.05. The van der Waals surface area contributed by atoms with E-state index in [1.165, 1.54) is 7.11 Å². The first-order valence-corrected chi connectivity index (χ1v) is 6.84. The number of unbranched alkanes of at least 4 members (excludes halogenated alkanes) is 1. The first-order valence-electron chi connectivity index (χ1n) is 6.84. The monoisotopic (exact) mass is 267 g/mol. The van der Waals surface area contributed by atoms with E-state index in [2.05, 4.69) is 21.8 Å². The fraction of sp³-hybridized carbons (Fsp3) is 0.714. The number of carbonyl (C=O) groups is 1. The van der Waals surface area contributed by atoms with E-state index in [1.807, 2.05) is 19.3 Å². The van der Waals surface area contributed by atoms with Crippen LogP contribution in [0.4, 0.5) is 0 Å². The Morgan fingerprint density at radius 2 is 2.26 bits per heavy atom. The molecule has 0 aliphatic carbocycles. The van der Waals surface area contributed by atoms with Crippen molar-refractivity contribution >= 4 is 5.97 Å². The molecule has 108 valence electrons. The molecule has 1 heterocycles. The van der Waals surface area contributed by atoms with Crippen molar-refractivity contribution in [3.05, 3.63) is 18.2 Å². The van der Waals surface area contributed by atoms with Gasteiger partial charge in [0.05, 0.1) is 7.11 Å². The van der Waals surface area contributed by atoms with E-state index in [0.29, 0.717) is 0 Å². The standard InChI is InChI=1S/C14H25N3O2/c1-5-12-16-9-11-17(12)10-7-6-8-14(2,15-3)13(18)19-4/h9,11,15H,5-8,10H2,1-4H3. The molecule has 1 atom stereocenters. The molecule has 0 aromatic carbocycles. The van der Waals surface area contributed by atoms with Gasteiger partial charge in [-0.15, -0.1) is 0 Å². The highest BCUT2D eigenvalue weighted by molar-refractivity contribution is 5.80. The fourth-order valence-corrected chi connectivity index (χ4v) is 2.17. The lowest BCUT2D eigenvalue weighted by Crippen LogP contribution is -2.48. The molecule has 0 bridgehead atoms. The molecule has 1 rings (SSSR count). The smallest absolute Gasteiger partial charge is 0.325 e. The lowest BCUT2D eigenvalue weighted by atomic mass is 9.95. The van der Waals surface area contributed by atoms with Gasteiger partial charge in [0.1, 0.15) is 11.4 Å². The van der Waals surface area contributed by atoms with Crippen LogP contribution in [0.15, 0.2) is 12.4 Å². The number of esters is 1. The number of carbonyl (C=O) groups excluding carboxylic acids is 1. The minimum Gasteiger partial charge on any atom is -0.468 e. The third kappa shape index (κ3) is 4.06. The number of nitrogens with one attached hydrogen (secondary N) is 1. The number of imidazole rings is 1. The number of hydrogen-bond donors (Lipinski definition) is 1. The molecule has 1 aromatic rings. The molecule has 0 aliphatic heterocycles. The first kappa shape index (κ1) is 15.7. The van der Waals surface area contributed by atoms with Crippen LogP contribution in [0.25, 0.3) is 0 Å². The highest BCUT2D eigenvalue weighted by atomic mass is 16.5. The minimum atomic E-state index is -0.586. The number of rotatable bonds is 8. The van der Waals surface area contributed by atoms with Crippen LogP contribution in [0, 0.1) is 0 Å². The first-order chi connectivity index (χ1) is 9.07. The predicted molar refractivity (Wildman–Crippen MR) is 74.9 cm³/mol. The Morgan fingerprint density at radius 3 is 2.84 bits per heavy atom. The second-order valence-corrected chi connectivity index (χ2v) is 4.92. The lowest BCUT2D eigenvalue weighted by Gasteiger charge is -2.26. The largest absolute Gasteiger partial charge is 0.468 e. The van der Waals surface area contributed by atoms with E-state index in [4.69, 9.17) is 4.74 Å². The van der Waals surface area contributed by atoms with E-state index >= 15 is 0 Å². The van der Waals surface area contributed by atoms with Gasteiger partial charge in [0.2, 0.25) is 0 Å². The third-order valence-corrected chi connectivity index (χ3v) is 3.63. The molecule has 0 saturated carbocycles. The Labute approximate surface area is 115 Å². The van der Waals surface area contributed by atoms with Crippen LogP contribution in [0.5, 0.6) is 0 Å². The molecule has 0 amide bonds. The van der Waals surface area contributed by atoms with Crippen LogP contribution in [0.3, 0.4) is 0 Å². The zero-order valence-electron chi connectivity index (χ0n) is 12.4. The normalized spacial score (nSPS) is 14.1. The number of nitrogens with zero attached hydrogens (tertiary/aromatic N) is 2. The van der Waals surface area contributed by atoms with Gasteiger partial charge in [0, 0.05) is 25.4 Å². The molecule has 0 spiro atoms. The highest BCUT2D eigenvalue weighted by Crippen LogP contribution is 2.16. The van der Waals surface area contributed by atoms with Crippen molar-refractivity contribution in [2.75, 3.05) is 14.2 Å². The molecule has 19 heavy (non-hydrogen) atoms. The van der Waals surface area contributed by atoms with Gasteiger partial charge in [-0.05, 0) is 33.2 Å². The summed E-state index contributed by atoms with van der Waals surface area (Å²) in [5.74, 6) is 0.913. The van der Waals surface area contributed by atoms with Crippen LogP contribution in [0.2, 0.25) is 0 Å². The zero-order valence-corrected chi connectivity index (χ0v) is 12.4. The Kier molecular flexibility index (Phi) is 6.02. The second-order valence-electron chi connectivity index (χ2n) is 4.92. The number of hydrogen-bond acceptors (Lipinski definition) is 4. The third-order valence-electron chi connectivity index (χ3n) is 3.63. The van der Waals surface area contributed by atoms with Gasteiger partial charge in [-0.25, -0.2) is 4.98 Å². The van der Waals surface area contributed by atoms with Crippen molar-refractivity contribution in [2.24, 2.45) is 0 Å². The van der Waals surface area contributed by atoms with E-state index in [9.17, 15) is 4.79 Å². The fourth-order valence-electron chi connectivity index (χ4n) is 2.17. The van der Waals surface area contributed by atoms with E-state index < -0.39 is 5.54 Å². The van der Waals surface area contributed by atoms with Crippen LogP contribution in [-0.4, -0.2) is 35.2 Å². The summed E-state index contributed by atoms with van der Waals surface area (Å²) in [6.45, 7) is 4.94. The van der Waals surface area contributed by atoms with Gasteiger partial charge in [0.25, 0.3) is 0 Å². The minimum absolute atomic E-state index is 0.202. The predicted octanol–water partition coefficient (Wildman–Crippen LogP) is 1.77. The van der Waals surface area contributed by atoms with Crippen LogP contribution < -0.4 is 5.32 Å². The molecule has 0 radical (unpaired) electrons. The maximum Gasteiger partial charge on any atom is 0.325 e.